The maximum Gasteiger partial charge on any atom is 0.314 e. The molecule has 0 unspecified atom stereocenters. The number of carbonyl (C=O) groups is 1. The lowest BCUT2D eigenvalue weighted by Crippen LogP contribution is -2.40. The molecule has 0 aromatic rings. The van der Waals surface area contributed by atoms with Gasteiger partial charge in [-0.2, -0.15) is 0 Å². The molecule has 0 saturated heterocycles. The molecule has 2 amide bonds. The molecule has 3 nitrogen and oxygen atoms in total. The van der Waals surface area contributed by atoms with Crippen LogP contribution in [0.15, 0.2) is 0 Å². The van der Waals surface area contributed by atoms with Crippen molar-refractivity contribution in [3.05, 3.63) is 0 Å². The van der Waals surface area contributed by atoms with Crippen LogP contribution in [0.3, 0.4) is 0 Å². The molecular formula is C10H22N2O. The van der Waals surface area contributed by atoms with E-state index in [0.29, 0.717) is 6.54 Å². The summed E-state index contributed by atoms with van der Waals surface area (Å²) in [5, 5.41) is 5.64. The first kappa shape index (κ1) is 12.3. The lowest BCUT2D eigenvalue weighted by atomic mass is 9.97. The topological polar surface area (TPSA) is 41.1 Å². The van der Waals surface area contributed by atoms with Crippen LogP contribution in [0.4, 0.5) is 4.79 Å². The summed E-state index contributed by atoms with van der Waals surface area (Å²) in [6.45, 7) is 9.88. The standard InChI is InChI=1S/C10H22N2O/c1-5-6-7-11-9(13)12-8-10(2,3)4/h5-8H2,1-4H3,(H2,11,12,13). The Bertz CT molecular complexity index is 149. The first-order valence-corrected chi connectivity index (χ1v) is 4.97. The summed E-state index contributed by atoms with van der Waals surface area (Å²) in [4.78, 5) is 11.1. The summed E-state index contributed by atoms with van der Waals surface area (Å²) in [5.41, 5.74) is 0.155. The minimum Gasteiger partial charge on any atom is -0.338 e. The monoisotopic (exact) mass is 186 g/mol. The molecule has 0 heterocycles. The van der Waals surface area contributed by atoms with E-state index in [-0.39, 0.29) is 11.4 Å². The Hall–Kier alpha value is -0.730. The summed E-state index contributed by atoms with van der Waals surface area (Å²) in [6.07, 6.45) is 2.16. The van der Waals surface area contributed by atoms with E-state index in [4.69, 9.17) is 0 Å². The zero-order valence-electron chi connectivity index (χ0n) is 9.24. The van der Waals surface area contributed by atoms with Crippen LogP contribution in [0.2, 0.25) is 0 Å². The maximum absolute atomic E-state index is 11.1. The first-order valence-electron chi connectivity index (χ1n) is 4.97. The third kappa shape index (κ3) is 9.18. The Morgan fingerprint density at radius 2 is 1.85 bits per heavy atom. The van der Waals surface area contributed by atoms with Gasteiger partial charge in [0, 0.05) is 13.1 Å². The van der Waals surface area contributed by atoms with Crippen LogP contribution in [-0.2, 0) is 0 Å². The smallest absolute Gasteiger partial charge is 0.314 e. The van der Waals surface area contributed by atoms with E-state index in [9.17, 15) is 4.79 Å². The third-order valence-corrected chi connectivity index (χ3v) is 1.60. The van der Waals surface area contributed by atoms with Crippen LogP contribution in [0.25, 0.3) is 0 Å². The average Bonchev–Trinajstić information content (AvgIpc) is 2.00. The fraction of sp³-hybridized carbons (Fsp3) is 0.900. The molecule has 0 aromatic carbocycles. The van der Waals surface area contributed by atoms with Gasteiger partial charge in [-0.3, -0.25) is 0 Å². The summed E-state index contributed by atoms with van der Waals surface area (Å²) in [7, 11) is 0. The van der Waals surface area contributed by atoms with E-state index in [1.807, 2.05) is 0 Å². The quantitative estimate of drug-likeness (QED) is 0.649. The molecule has 0 aliphatic rings. The fourth-order valence-corrected chi connectivity index (χ4v) is 0.787. The Kier molecular flexibility index (Phi) is 5.51. The number of amides is 2. The fourth-order valence-electron chi connectivity index (χ4n) is 0.787. The lowest BCUT2D eigenvalue weighted by molar-refractivity contribution is 0.235. The van der Waals surface area contributed by atoms with Gasteiger partial charge >= 0.3 is 6.03 Å². The van der Waals surface area contributed by atoms with Crippen molar-refractivity contribution in [1.82, 2.24) is 10.6 Å². The van der Waals surface area contributed by atoms with Gasteiger partial charge in [-0.25, -0.2) is 4.79 Å². The Balaban J connectivity index is 3.41. The summed E-state index contributed by atoms with van der Waals surface area (Å²) in [5.74, 6) is 0. The van der Waals surface area contributed by atoms with E-state index < -0.39 is 0 Å². The molecule has 0 saturated carbocycles. The molecule has 0 radical (unpaired) electrons. The summed E-state index contributed by atoms with van der Waals surface area (Å²) in [6, 6.07) is -0.0524. The molecule has 0 spiro atoms. The highest BCUT2D eigenvalue weighted by Crippen LogP contribution is 2.09. The highest BCUT2D eigenvalue weighted by molar-refractivity contribution is 5.73. The molecule has 78 valence electrons. The molecule has 2 N–H and O–H groups in total. The summed E-state index contributed by atoms with van der Waals surface area (Å²) < 4.78 is 0. The minimum atomic E-state index is -0.0524. The number of carbonyl (C=O) groups excluding carboxylic acids is 1. The van der Waals surface area contributed by atoms with Gasteiger partial charge in [-0.05, 0) is 11.8 Å². The van der Waals surface area contributed by atoms with Gasteiger partial charge in [-0.15, -0.1) is 0 Å². The molecule has 0 fully saturated rings. The highest BCUT2D eigenvalue weighted by Gasteiger charge is 2.10. The highest BCUT2D eigenvalue weighted by atomic mass is 16.2. The molecule has 0 bridgehead atoms. The second-order valence-corrected chi connectivity index (χ2v) is 4.52. The molecule has 0 aliphatic heterocycles. The van der Waals surface area contributed by atoms with Crippen molar-refractivity contribution in [2.24, 2.45) is 5.41 Å². The first-order chi connectivity index (χ1) is 5.95. The average molecular weight is 186 g/mol. The zero-order valence-corrected chi connectivity index (χ0v) is 9.24. The van der Waals surface area contributed by atoms with Gasteiger partial charge in [0.1, 0.15) is 0 Å². The van der Waals surface area contributed by atoms with Crippen molar-refractivity contribution in [3.63, 3.8) is 0 Å². The summed E-state index contributed by atoms with van der Waals surface area (Å²) >= 11 is 0. The Morgan fingerprint density at radius 1 is 1.23 bits per heavy atom. The van der Waals surface area contributed by atoms with E-state index in [0.717, 1.165) is 19.4 Å². The number of urea groups is 1. The van der Waals surface area contributed by atoms with Crippen molar-refractivity contribution >= 4 is 6.03 Å². The maximum atomic E-state index is 11.1. The van der Waals surface area contributed by atoms with Gasteiger partial charge in [-0.1, -0.05) is 34.1 Å². The number of unbranched alkanes of at least 4 members (excludes halogenated alkanes) is 1. The molecule has 0 atom stereocenters. The number of hydrogen-bond acceptors (Lipinski definition) is 1. The van der Waals surface area contributed by atoms with E-state index in [2.05, 4.69) is 38.3 Å². The van der Waals surface area contributed by atoms with Gasteiger partial charge in [0.25, 0.3) is 0 Å². The Morgan fingerprint density at radius 3 is 2.31 bits per heavy atom. The molecule has 0 rings (SSSR count). The number of hydrogen-bond donors (Lipinski definition) is 2. The molecule has 13 heavy (non-hydrogen) atoms. The van der Waals surface area contributed by atoms with Crippen LogP contribution in [0.5, 0.6) is 0 Å². The third-order valence-electron chi connectivity index (χ3n) is 1.60. The zero-order chi connectivity index (χ0) is 10.3. The van der Waals surface area contributed by atoms with E-state index in [1.54, 1.807) is 0 Å². The van der Waals surface area contributed by atoms with Gasteiger partial charge in [0.2, 0.25) is 0 Å². The predicted octanol–water partition coefficient (Wildman–Crippen LogP) is 2.13. The van der Waals surface area contributed by atoms with Crippen LogP contribution in [-0.4, -0.2) is 19.1 Å². The van der Waals surface area contributed by atoms with Crippen molar-refractivity contribution in [1.29, 1.82) is 0 Å². The number of rotatable bonds is 4. The van der Waals surface area contributed by atoms with Crippen LogP contribution in [0, 0.1) is 5.41 Å². The predicted molar refractivity (Wildman–Crippen MR) is 55.8 cm³/mol. The molecule has 3 heteroatoms. The van der Waals surface area contributed by atoms with Crippen LogP contribution >= 0.6 is 0 Å². The minimum absolute atomic E-state index is 0.0524. The van der Waals surface area contributed by atoms with Crippen molar-refractivity contribution in [2.45, 2.75) is 40.5 Å². The molecular weight excluding hydrogens is 164 g/mol. The molecule has 0 aliphatic carbocycles. The van der Waals surface area contributed by atoms with Crippen LogP contribution < -0.4 is 10.6 Å². The van der Waals surface area contributed by atoms with Crippen molar-refractivity contribution < 1.29 is 4.79 Å². The van der Waals surface area contributed by atoms with Gasteiger partial charge < -0.3 is 10.6 Å². The Labute approximate surface area is 81.3 Å². The van der Waals surface area contributed by atoms with Crippen LogP contribution in [0.1, 0.15) is 40.5 Å². The van der Waals surface area contributed by atoms with E-state index in [1.165, 1.54) is 0 Å². The van der Waals surface area contributed by atoms with Crippen molar-refractivity contribution in [2.75, 3.05) is 13.1 Å². The van der Waals surface area contributed by atoms with Crippen molar-refractivity contribution in [3.8, 4) is 0 Å². The molecule has 0 aromatic heterocycles. The number of nitrogens with one attached hydrogen (secondary N) is 2. The largest absolute Gasteiger partial charge is 0.338 e. The lowest BCUT2D eigenvalue weighted by Gasteiger charge is -2.18. The van der Waals surface area contributed by atoms with Gasteiger partial charge in [0.15, 0.2) is 0 Å². The SMILES string of the molecule is CCCCNC(=O)NCC(C)(C)C. The van der Waals surface area contributed by atoms with E-state index >= 15 is 0 Å². The normalized spacial score (nSPS) is 11.1. The van der Waals surface area contributed by atoms with Gasteiger partial charge in [0.05, 0.1) is 0 Å². The second-order valence-electron chi connectivity index (χ2n) is 4.52. The second kappa shape index (κ2) is 5.84.